The molecular formula is C17H25NO2. The monoisotopic (exact) mass is 275 g/mol. The van der Waals surface area contributed by atoms with E-state index in [-0.39, 0.29) is 0 Å². The number of methoxy groups -OCH3 is 1. The highest BCUT2D eigenvalue weighted by atomic mass is 16.5. The summed E-state index contributed by atoms with van der Waals surface area (Å²) in [4.78, 5) is 2.10. The molecule has 1 aromatic rings. The number of benzene rings is 1. The van der Waals surface area contributed by atoms with E-state index in [1.165, 1.54) is 0 Å². The van der Waals surface area contributed by atoms with E-state index in [9.17, 15) is 5.11 Å². The summed E-state index contributed by atoms with van der Waals surface area (Å²) in [5.74, 6) is 0.824. The first-order chi connectivity index (χ1) is 9.53. The van der Waals surface area contributed by atoms with E-state index in [0.29, 0.717) is 6.54 Å². The molecule has 0 aromatic heterocycles. The van der Waals surface area contributed by atoms with Crippen LogP contribution in [0.25, 0.3) is 0 Å². The molecule has 1 N–H and O–H groups in total. The van der Waals surface area contributed by atoms with E-state index in [1.54, 1.807) is 7.11 Å². The molecule has 0 aliphatic carbocycles. The number of nitrogens with zero attached hydrogens (tertiary/aromatic N) is 1. The number of hydrogen-bond acceptors (Lipinski definition) is 3. The van der Waals surface area contributed by atoms with Crippen molar-refractivity contribution in [1.29, 1.82) is 0 Å². The first-order valence-electron chi connectivity index (χ1n) is 6.80. The van der Waals surface area contributed by atoms with E-state index in [1.807, 2.05) is 38.1 Å². The summed E-state index contributed by atoms with van der Waals surface area (Å²) in [6.45, 7) is 13.5. The van der Waals surface area contributed by atoms with Crippen molar-refractivity contribution in [3.05, 3.63) is 54.1 Å². The van der Waals surface area contributed by atoms with Crippen molar-refractivity contribution in [2.75, 3.05) is 26.7 Å². The number of aryl methyl sites for hydroxylation is 2. The summed E-state index contributed by atoms with van der Waals surface area (Å²) < 4.78 is 5.25. The molecule has 0 fully saturated rings. The van der Waals surface area contributed by atoms with Crippen LogP contribution < -0.4 is 4.74 Å². The predicted molar refractivity (Wildman–Crippen MR) is 84.3 cm³/mol. The number of aliphatic hydroxyl groups is 1. The van der Waals surface area contributed by atoms with Crippen LogP contribution in [0.15, 0.2) is 37.4 Å². The molecule has 0 aliphatic rings. The lowest BCUT2D eigenvalue weighted by Crippen LogP contribution is -2.29. The largest absolute Gasteiger partial charge is 0.497 e. The van der Waals surface area contributed by atoms with Crippen molar-refractivity contribution in [3.63, 3.8) is 0 Å². The van der Waals surface area contributed by atoms with E-state index in [2.05, 4.69) is 18.1 Å². The van der Waals surface area contributed by atoms with Gasteiger partial charge in [0.1, 0.15) is 5.75 Å². The van der Waals surface area contributed by atoms with Gasteiger partial charge in [-0.2, -0.15) is 0 Å². The fraction of sp³-hybridized carbons (Fsp3) is 0.412. The zero-order chi connectivity index (χ0) is 15.1. The third-order valence-corrected chi connectivity index (χ3v) is 3.34. The molecule has 20 heavy (non-hydrogen) atoms. The van der Waals surface area contributed by atoms with Crippen LogP contribution in [0.3, 0.4) is 0 Å². The van der Waals surface area contributed by atoms with Gasteiger partial charge in [0.25, 0.3) is 0 Å². The molecule has 0 saturated carbocycles. The SMILES string of the molecule is C=CCN(CC=C)CC(O)c1c(C)cc(OC)cc1C. The van der Waals surface area contributed by atoms with Crippen LogP contribution >= 0.6 is 0 Å². The van der Waals surface area contributed by atoms with Gasteiger partial charge in [0.2, 0.25) is 0 Å². The smallest absolute Gasteiger partial charge is 0.119 e. The molecule has 110 valence electrons. The topological polar surface area (TPSA) is 32.7 Å². The first-order valence-corrected chi connectivity index (χ1v) is 6.80. The van der Waals surface area contributed by atoms with Crippen molar-refractivity contribution in [2.45, 2.75) is 20.0 Å². The van der Waals surface area contributed by atoms with Gasteiger partial charge in [0.15, 0.2) is 0 Å². The van der Waals surface area contributed by atoms with Gasteiger partial charge in [-0.25, -0.2) is 0 Å². The highest BCUT2D eigenvalue weighted by Crippen LogP contribution is 2.27. The lowest BCUT2D eigenvalue weighted by Gasteiger charge is -2.25. The molecule has 1 atom stereocenters. The molecule has 1 unspecified atom stereocenters. The second-order valence-corrected chi connectivity index (χ2v) is 4.99. The average Bonchev–Trinajstić information content (AvgIpc) is 2.38. The van der Waals surface area contributed by atoms with Crippen LogP contribution in [0.2, 0.25) is 0 Å². The Morgan fingerprint density at radius 1 is 1.20 bits per heavy atom. The molecule has 0 aliphatic heterocycles. The van der Waals surface area contributed by atoms with Gasteiger partial charge >= 0.3 is 0 Å². The Labute approximate surface area is 122 Å². The van der Waals surface area contributed by atoms with Crippen LogP contribution in [-0.4, -0.2) is 36.8 Å². The molecule has 1 rings (SSSR count). The van der Waals surface area contributed by atoms with Gasteiger partial charge in [0, 0.05) is 19.6 Å². The van der Waals surface area contributed by atoms with Crippen LogP contribution in [-0.2, 0) is 0 Å². The Morgan fingerprint density at radius 2 is 1.70 bits per heavy atom. The fourth-order valence-corrected chi connectivity index (χ4v) is 2.50. The Kier molecular flexibility index (Phi) is 6.49. The third kappa shape index (κ3) is 4.22. The van der Waals surface area contributed by atoms with Crippen LogP contribution in [0, 0.1) is 13.8 Å². The van der Waals surface area contributed by atoms with Crippen molar-refractivity contribution >= 4 is 0 Å². The Hall–Kier alpha value is -1.58. The lowest BCUT2D eigenvalue weighted by atomic mass is 9.97. The van der Waals surface area contributed by atoms with Crippen LogP contribution in [0.4, 0.5) is 0 Å². The number of aliphatic hydroxyl groups excluding tert-OH is 1. The van der Waals surface area contributed by atoms with E-state index in [4.69, 9.17) is 4.74 Å². The lowest BCUT2D eigenvalue weighted by molar-refractivity contribution is 0.124. The second kappa shape index (κ2) is 7.88. The van der Waals surface area contributed by atoms with Crippen molar-refractivity contribution in [1.82, 2.24) is 4.90 Å². The molecule has 3 heteroatoms. The minimum absolute atomic E-state index is 0.527. The second-order valence-electron chi connectivity index (χ2n) is 4.99. The highest BCUT2D eigenvalue weighted by molar-refractivity contribution is 5.42. The van der Waals surface area contributed by atoms with Crippen molar-refractivity contribution in [2.24, 2.45) is 0 Å². The van der Waals surface area contributed by atoms with Crippen LogP contribution in [0.5, 0.6) is 5.75 Å². The Bertz CT molecular complexity index is 435. The Balaban J connectivity index is 2.93. The molecule has 1 aromatic carbocycles. The molecule has 0 bridgehead atoms. The zero-order valence-corrected chi connectivity index (χ0v) is 12.7. The summed E-state index contributed by atoms with van der Waals surface area (Å²) in [7, 11) is 1.65. The summed E-state index contributed by atoms with van der Waals surface area (Å²) in [5, 5.41) is 10.5. The molecule has 0 heterocycles. The highest BCUT2D eigenvalue weighted by Gasteiger charge is 2.17. The average molecular weight is 275 g/mol. The predicted octanol–water partition coefficient (Wildman–Crippen LogP) is 3.02. The van der Waals surface area contributed by atoms with Gasteiger partial charge in [0.05, 0.1) is 13.2 Å². The minimum atomic E-state index is -0.527. The fourth-order valence-electron chi connectivity index (χ4n) is 2.50. The molecular weight excluding hydrogens is 250 g/mol. The summed E-state index contributed by atoms with van der Waals surface area (Å²) in [6, 6.07) is 3.91. The third-order valence-electron chi connectivity index (χ3n) is 3.34. The van der Waals surface area contributed by atoms with Crippen LogP contribution in [0.1, 0.15) is 22.8 Å². The van der Waals surface area contributed by atoms with Gasteiger partial charge in [-0.1, -0.05) is 12.2 Å². The molecule has 0 radical (unpaired) electrons. The molecule has 0 saturated heterocycles. The number of rotatable bonds is 8. The number of ether oxygens (including phenoxy) is 1. The summed E-state index contributed by atoms with van der Waals surface area (Å²) in [6.07, 6.45) is 3.15. The normalized spacial score (nSPS) is 12.2. The van der Waals surface area contributed by atoms with Crippen molar-refractivity contribution < 1.29 is 9.84 Å². The quantitative estimate of drug-likeness (QED) is 0.740. The van der Waals surface area contributed by atoms with Crippen molar-refractivity contribution in [3.8, 4) is 5.75 Å². The first kappa shape index (κ1) is 16.5. The van der Waals surface area contributed by atoms with Gasteiger partial charge in [-0.15, -0.1) is 13.2 Å². The summed E-state index contributed by atoms with van der Waals surface area (Å²) in [5.41, 5.74) is 3.07. The van der Waals surface area contributed by atoms with Gasteiger partial charge in [-0.05, 0) is 42.7 Å². The summed E-state index contributed by atoms with van der Waals surface area (Å²) >= 11 is 0. The minimum Gasteiger partial charge on any atom is -0.497 e. The molecule has 0 spiro atoms. The number of hydrogen-bond donors (Lipinski definition) is 1. The van der Waals surface area contributed by atoms with E-state index >= 15 is 0 Å². The molecule has 3 nitrogen and oxygen atoms in total. The van der Waals surface area contributed by atoms with E-state index < -0.39 is 6.10 Å². The maximum atomic E-state index is 10.5. The molecule has 0 amide bonds. The van der Waals surface area contributed by atoms with Gasteiger partial charge < -0.3 is 9.84 Å². The maximum Gasteiger partial charge on any atom is 0.119 e. The van der Waals surface area contributed by atoms with E-state index in [0.717, 1.165) is 35.5 Å². The van der Waals surface area contributed by atoms with Gasteiger partial charge in [-0.3, -0.25) is 4.90 Å². The standard InChI is InChI=1S/C17H25NO2/c1-6-8-18(9-7-2)12-16(19)17-13(3)10-15(20-5)11-14(17)4/h6-7,10-11,16,19H,1-2,8-9,12H2,3-5H3. The zero-order valence-electron chi connectivity index (χ0n) is 12.7. The Morgan fingerprint density at radius 3 is 2.10 bits per heavy atom. The maximum absolute atomic E-state index is 10.5.